The summed E-state index contributed by atoms with van der Waals surface area (Å²) in [7, 11) is -3.88. The maximum Gasteiger partial charge on any atom is 0.330 e. The highest BCUT2D eigenvalue weighted by molar-refractivity contribution is 7.92. The molecule has 33 heavy (non-hydrogen) atoms. The van der Waals surface area contributed by atoms with Gasteiger partial charge in [0.05, 0.1) is 11.5 Å². The number of halogens is 1. The van der Waals surface area contributed by atoms with Gasteiger partial charge in [-0.25, -0.2) is 17.6 Å². The molecule has 3 rings (SSSR count). The number of hydrogen-bond donors (Lipinski definition) is 2. The minimum absolute atomic E-state index is 0.0775. The van der Waals surface area contributed by atoms with E-state index in [2.05, 4.69) is 10.0 Å². The van der Waals surface area contributed by atoms with Crippen LogP contribution in [0.5, 0.6) is 0 Å². The molecule has 0 bridgehead atoms. The van der Waals surface area contributed by atoms with E-state index in [4.69, 9.17) is 4.74 Å². The van der Waals surface area contributed by atoms with Gasteiger partial charge < -0.3 is 10.1 Å². The third-order valence-corrected chi connectivity index (χ3v) is 5.79. The first-order valence-electron chi connectivity index (χ1n) is 9.91. The molecule has 0 aliphatic heterocycles. The molecular formula is C24H21FN2O5S. The summed E-state index contributed by atoms with van der Waals surface area (Å²) in [5.41, 5.74) is 1.90. The number of carbonyl (C=O) groups is 2. The number of carbonyl (C=O) groups excluding carboxylic acids is 2. The lowest BCUT2D eigenvalue weighted by Gasteiger charge is -2.09. The number of benzene rings is 3. The fourth-order valence-electron chi connectivity index (χ4n) is 2.75. The van der Waals surface area contributed by atoms with Crippen LogP contribution in [0.4, 0.5) is 15.8 Å². The predicted molar refractivity (Wildman–Crippen MR) is 124 cm³/mol. The maximum atomic E-state index is 13.0. The molecule has 0 aliphatic rings. The van der Waals surface area contributed by atoms with Crippen LogP contribution >= 0.6 is 0 Å². The molecule has 2 N–H and O–H groups in total. The van der Waals surface area contributed by atoms with Gasteiger partial charge in [-0.2, -0.15) is 0 Å². The van der Waals surface area contributed by atoms with Gasteiger partial charge >= 0.3 is 5.97 Å². The Balaban J connectivity index is 1.61. The lowest BCUT2D eigenvalue weighted by atomic mass is 10.1. The molecule has 7 nitrogen and oxygen atoms in total. The van der Waals surface area contributed by atoms with Crippen molar-refractivity contribution in [1.82, 2.24) is 0 Å². The monoisotopic (exact) mass is 468 g/mol. The van der Waals surface area contributed by atoms with Crippen molar-refractivity contribution in [3.05, 3.63) is 95.8 Å². The summed E-state index contributed by atoms with van der Waals surface area (Å²) in [5.74, 6) is -1.34. The van der Waals surface area contributed by atoms with Gasteiger partial charge in [0, 0.05) is 23.0 Å². The lowest BCUT2D eigenvalue weighted by Crippen LogP contribution is -2.14. The SMILES string of the molecule is CCOC(=O)/C=C/c1ccc(NC(=O)c2ccc(NS(=O)(=O)c3ccc(F)cc3)cc2)cc1. The molecule has 0 aromatic heterocycles. The van der Waals surface area contributed by atoms with E-state index in [1.165, 1.54) is 30.3 Å². The van der Waals surface area contributed by atoms with Gasteiger partial charge in [-0.15, -0.1) is 0 Å². The average Bonchev–Trinajstić information content (AvgIpc) is 2.79. The van der Waals surface area contributed by atoms with Crippen molar-refractivity contribution < 1.29 is 27.1 Å². The molecule has 0 atom stereocenters. The number of sulfonamides is 1. The van der Waals surface area contributed by atoms with Crippen LogP contribution < -0.4 is 10.0 Å². The van der Waals surface area contributed by atoms with E-state index in [0.29, 0.717) is 17.9 Å². The van der Waals surface area contributed by atoms with E-state index in [9.17, 15) is 22.4 Å². The van der Waals surface area contributed by atoms with E-state index in [1.807, 2.05) is 0 Å². The highest BCUT2D eigenvalue weighted by Gasteiger charge is 2.14. The Hall–Kier alpha value is -3.98. The molecule has 0 aliphatic carbocycles. The Kier molecular flexibility index (Phi) is 7.57. The lowest BCUT2D eigenvalue weighted by molar-refractivity contribution is -0.137. The fourth-order valence-corrected chi connectivity index (χ4v) is 3.81. The number of esters is 1. The number of nitrogens with one attached hydrogen (secondary N) is 2. The third-order valence-electron chi connectivity index (χ3n) is 4.39. The summed E-state index contributed by atoms with van der Waals surface area (Å²) in [5, 5.41) is 2.74. The van der Waals surface area contributed by atoms with Crippen molar-refractivity contribution in [2.75, 3.05) is 16.6 Å². The van der Waals surface area contributed by atoms with Crippen molar-refractivity contribution in [1.29, 1.82) is 0 Å². The largest absolute Gasteiger partial charge is 0.463 e. The summed E-state index contributed by atoms with van der Waals surface area (Å²) in [4.78, 5) is 23.8. The quantitative estimate of drug-likeness (QED) is 0.376. The smallest absolute Gasteiger partial charge is 0.330 e. The van der Waals surface area contributed by atoms with Crippen molar-refractivity contribution >= 4 is 39.4 Å². The minimum atomic E-state index is -3.88. The van der Waals surface area contributed by atoms with Gasteiger partial charge in [-0.05, 0) is 79.2 Å². The summed E-state index contributed by atoms with van der Waals surface area (Å²) < 4.78 is 45.0. The minimum Gasteiger partial charge on any atom is -0.463 e. The molecule has 0 unspecified atom stereocenters. The van der Waals surface area contributed by atoms with Gasteiger partial charge in [-0.1, -0.05) is 12.1 Å². The normalized spacial score (nSPS) is 11.2. The number of amides is 1. The van der Waals surface area contributed by atoms with Gasteiger partial charge in [0.25, 0.3) is 15.9 Å². The third kappa shape index (κ3) is 6.75. The molecule has 0 saturated heterocycles. The standard InChI is InChI=1S/C24H21FN2O5S/c1-2-32-23(28)16-5-17-3-10-20(11-4-17)26-24(29)18-6-12-21(13-7-18)27-33(30,31)22-14-8-19(25)9-15-22/h3-16,27H,2H2,1H3,(H,26,29)/b16-5+. The van der Waals surface area contributed by atoms with Crippen LogP contribution in [0.2, 0.25) is 0 Å². The first-order valence-corrected chi connectivity index (χ1v) is 11.4. The molecule has 0 radical (unpaired) electrons. The Morgan fingerprint density at radius 1 is 0.909 bits per heavy atom. The Bertz CT molecular complexity index is 1250. The first-order chi connectivity index (χ1) is 15.8. The van der Waals surface area contributed by atoms with Crippen LogP contribution in [-0.4, -0.2) is 26.9 Å². The van der Waals surface area contributed by atoms with E-state index < -0.39 is 21.8 Å². The zero-order chi connectivity index (χ0) is 23.8. The second kappa shape index (κ2) is 10.6. The molecule has 0 spiro atoms. The average molecular weight is 469 g/mol. The van der Waals surface area contributed by atoms with E-state index in [0.717, 1.165) is 29.8 Å². The number of rotatable bonds is 8. The Morgan fingerprint density at radius 2 is 1.52 bits per heavy atom. The first kappa shape index (κ1) is 23.7. The van der Waals surface area contributed by atoms with Gasteiger partial charge in [-0.3, -0.25) is 9.52 Å². The highest BCUT2D eigenvalue weighted by Crippen LogP contribution is 2.18. The van der Waals surface area contributed by atoms with E-state index in [-0.39, 0.29) is 16.5 Å². The Morgan fingerprint density at radius 3 is 2.12 bits per heavy atom. The van der Waals surface area contributed by atoms with Crippen LogP contribution in [0, 0.1) is 5.82 Å². The predicted octanol–water partition coefficient (Wildman–Crippen LogP) is 4.46. The van der Waals surface area contributed by atoms with Crippen molar-refractivity contribution in [3.8, 4) is 0 Å². The van der Waals surface area contributed by atoms with Crippen LogP contribution in [0.1, 0.15) is 22.8 Å². The highest BCUT2D eigenvalue weighted by atomic mass is 32.2. The molecule has 3 aromatic rings. The molecule has 170 valence electrons. The number of anilines is 2. The van der Waals surface area contributed by atoms with Gasteiger partial charge in [0.15, 0.2) is 0 Å². The molecule has 9 heteroatoms. The van der Waals surface area contributed by atoms with Crippen molar-refractivity contribution in [3.63, 3.8) is 0 Å². The molecule has 0 saturated carbocycles. The van der Waals surface area contributed by atoms with Crippen LogP contribution in [0.3, 0.4) is 0 Å². The second-order valence-corrected chi connectivity index (χ2v) is 8.48. The zero-order valence-corrected chi connectivity index (χ0v) is 18.4. The maximum absolute atomic E-state index is 13.0. The number of hydrogen-bond acceptors (Lipinski definition) is 5. The van der Waals surface area contributed by atoms with Crippen molar-refractivity contribution in [2.24, 2.45) is 0 Å². The Labute approximate surface area is 191 Å². The molecular weight excluding hydrogens is 447 g/mol. The fraction of sp³-hybridized carbons (Fsp3) is 0.0833. The van der Waals surface area contributed by atoms with Crippen LogP contribution in [-0.2, 0) is 19.6 Å². The van der Waals surface area contributed by atoms with E-state index in [1.54, 1.807) is 37.3 Å². The summed E-state index contributed by atoms with van der Waals surface area (Å²) in [6.45, 7) is 2.03. The van der Waals surface area contributed by atoms with Crippen LogP contribution in [0.15, 0.2) is 83.8 Å². The molecule has 0 heterocycles. The molecule has 3 aromatic carbocycles. The van der Waals surface area contributed by atoms with Crippen molar-refractivity contribution in [2.45, 2.75) is 11.8 Å². The van der Waals surface area contributed by atoms with Gasteiger partial charge in [0.1, 0.15) is 5.82 Å². The summed E-state index contributed by atoms with van der Waals surface area (Å²) >= 11 is 0. The molecule has 0 fully saturated rings. The number of ether oxygens (including phenoxy) is 1. The second-order valence-electron chi connectivity index (χ2n) is 6.80. The summed E-state index contributed by atoms with van der Waals surface area (Å²) in [6.07, 6.45) is 2.93. The summed E-state index contributed by atoms with van der Waals surface area (Å²) in [6, 6.07) is 17.2. The van der Waals surface area contributed by atoms with Gasteiger partial charge in [0.2, 0.25) is 0 Å². The van der Waals surface area contributed by atoms with Crippen LogP contribution in [0.25, 0.3) is 6.08 Å². The molecule has 1 amide bonds. The van der Waals surface area contributed by atoms with E-state index >= 15 is 0 Å². The topological polar surface area (TPSA) is 102 Å². The zero-order valence-electron chi connectivity index (χ0n) is 17.6.